The molecule has 0 aliphatic carbocycles. The summed E-state index contributed by atoms with van der Waals surface area (Å²) >= 11 is 1.14. The van der Waals surface area contributed by atoms with E-state index in [2.05, 4.69) is 14.7 Å². The molecule has 0 saturated carbocycles. The number of nitrogens with zero attached hydrogens (tertiary/aromatic N) is 2. The first kappa shape index (κ1) is 13.9. The molecule has 1 N–H and O–H groups in total. The second-order valence-corrected chi connectivity index (χ2v) is 4.55. The van der Waals surface area contributed by atoms with Gasteiger partial charge >= 0.3 is 11.9 Å². The number of methoxy groups -OCH3 is 1. The molecule has 0 amide bonds. The van der Waals surface area contributed by atoms with E-state index in [-0.39, 0.29) is 16.3 Å². The summed E-state index contributed by atoms with van der Waals surface area (Å²) in [4.78, 5) is 31.0. The van der Waals surface area contributed by atoms with E-state index in [0.29, 0.717) is 5.56 Å². The van der Waals surface area contributed by atoms with Crippen LogP contribution in [0.5, 0.6) is 0 Å². The first-order chi connectivity index (χ1) is 9.63. The van der Waals surface area contributed by atoms with Gasteiger partial charge in [0.05, 0.1) is 12.8 Å². The van der Waals surface area contributed by atoms with Crippen molar-refractivity contribution >= 4 is 34.7 Å². The zero-order valence-corrected chi connectivity index (χ0v) is 11.3. The molecule has 2 aromatic heterocycles. The van der Waals surface area contributed by atoms with Gasteiger partial charge < -0.3 is 9.84 Å². The Hall–Kier alpha value is -2.54. The molecule has 0 aliphatic heterocycles. The highest BCUT2D eigenvalue weighted by atomic mass is 32.1. The fourth-order valence-corrected chi connectivity index (χ4v) is 2.24. The van der Waals surface area contributed by atoms with Crippen molar-refractivity contribution in [2.45, 2.75) is 0 Å². The molecule has 20 heavy (non-hydrogen) atoms. The number of aliphatic carboxylic acids is 1. The number of pyridine rings is 1. The Labute approximate surface area is 118 Å². The Morgan fingerprint density at radius 3 is 2.80 bits per heavy atom. The predicted octanol–water partition coefficient (Wildman–Crippen LogP) is 2.14. The summed E-state index contributed by atoms with van der Waals surface area (Å²) < 4.78 is 4.63. The predicted molar refractivity (Wildman–Crippen MR) is 73.7 cm³/mol. The van der Waals surface area contributed by atoms with Gasteiger partial charge in [0.2, 0.25) is 0 Å². The first-order valence-electron chi connectivity index (χ1n) is 5.51. The van der Waals surface area contributed by atoms with E-state index in [1.807, 2.05) is 0 Å². The van der Waals surface area contributed by atoms with Crippen LogP contribution in [0.25, 0.3) is 0 Å². The summed E-state index contributed by atoms with van der Waals surface area (Å²) in [6, 6.07) is 4.77. The van der Waals surface area contributed by atoms with Gasteiger partial charge in [0.1, 0.15) is 4.88 Å². The number of carbonyl (C=O) groups excluding carboxylic acids is 1. The van der Waals surface area contributed by atoms with Gasteiger partial charge in [-0.2, -0.15) is 0 Å². The summed E-state index contributed by atoms with van der Waals surface area (Å²) in [7, 11) is 1.26. The number of hydrogen-bond donors (Lipinski definition) is 1. The lowest BCUT2D eigenvalue weighted by molar-refractivity contribution is -0.129. The average Bonchev–Trinajstić information content (AvgIpc) is 2.92. The SMILES string of the molecule is COC(=O)c1sccc1N=C(C(=O)O)c1cccnc1. The molecule has 0 saturated heterocycles. The van der Waals surface area contributed by atoms with Crippen LogP contribution in [0.1, 0.15) is 15.2 Å². The zero-order chi connectivity index (χ0) is 14.5. The topological polar surface area (TPSA) is 88.8 Å². The molecule has 2 rings (SSSR count). The minimum absolute atomic E-state index is 0.179. The molecule has 7 heteroatoms. The number of thiophene rings is 1. The number of rotatable bonds is 4. The van der Waals surface area contributed by atoms with Crippen LogP contribution in [-0.4, -0.2) is 34.9 Å². The molecule has 0 spiro atoms. The van der Waals surface area contributed by atoms with Gasteiger partial charge in [0, 0.05) is 18.0 Å². The molecule has 0 bridgehead atoms. The smallest absolute Gasteiger partial charge is 0.355 e. The van der Waals surface area contributed by atoms with Crippen molar-refractivity contribution in [1.29, 1.82) is 0 Å². The van der Waals surface area contributed by atoms with Gasteiger partial charge in [0.15, 0.2) is 5.71 Å². The third-order valence-corrected chi connectivity index (χ3v) is 3.27. The van der Waals surface area contributed by atoms with Crippen molar-refractivity contribution in [1.82, 2.24) is 4.98 Å². The second kappa shape index (κ2) is 6.07. The van der Waals surface area contributed by atoms with E-state index >= 15 is 0 Å². The standard InChI is InChI=1S/C13H10N2O4S/c1-19-13(18)11-9(4-6-20-11)15-10(12(16)17)8-3-2-5-14-7-8/h2-7H,1H3,(H,16,17). The highest BCUT2D eigenvalue weighted by Crippen LogP contribution is 2.26. The van der Waals surface area contributed by atoms with Gasteiger partial charge in [-0.25, -0.2) is 14.6 Å². The molecule has 0 aromatic carbocycles. The molecule has 0 fully saturated rings. The van der Waals surface area contributed by atoms with Crippen LogP contribution in [-0.2, 0) is 9.53 Å². The molecular formula is C13H10N2O4S. The first-order valence-corrected chi connectivity index (χ1v) is 6.39. The number of aliphatic imine (C=N–C) groups is 1. The van der Waals surface area contributed by atoms with E-state index in [9.17, 15) is 14.7 Å². The summed E-state index contributed by atoms with van der Waals surface area (Å²) in [6.07, 6.45) is 2.94. The van der Waals surface area contributed by atoms with Crippen LogP contribution in [0.2, 0.25) is 0 Å². The Kier molecular flexibility index (Phi) is 4.21. The normalized spacial score (nSPS) is 11.2. The van der Waals surface area contributed by atoms with Crippen LogP contribution in [0.4, 0.5) is 5.69 Å². The van der Waals surface area contributed by atoms with Crippen LogP contribution in [0, 0.1) is 0 Å². The van der Waals surface area contributed by atoms with Crippen molar-refractivity contribution in [3.8, 4) is 0 Å². The molecule has 102 valence electrons. The maximum Gasteiger partial charge on any atom is 0.355 e. The van der Waals surface area contributed by atoms with E-state index < -0.39 is 11.9 Å². The average molecular weight is 290 g/mol. The van der Waals surface area contributed by atoms with Crippen molar-refractivity contribution in [3.05, 3.63) is 46.4 Å². The highest BCUT2D eigenvalue weighted by Gasteiger charge is 2.17. The van der Waals surface area contributed by atoms with Gasteiger partial charge in [-0.05, 0) is 23.6 Å². The summed E-state index contributed by atoms with van der Waals surface area (Å²) in [5, 5.41) is 10.9. The van der Waals surface area contributed by atoms with Gasteiger partial charge in [-0.3, -0.25) is 4.98 Å². The van der Waals surface area contributed by atoms with Crippen LogP contribution in [0.3, 0.4) is 0 Å². The molecular weight excluding hydrogens is 280 g/mol. The fraction of sp³-hybridized carbons (Fsp3) is 0.0769. The van der Waals surface area contributed by atoms with E-state index in [1.54, 1.807) is 23.6 Å². The molecule has 0 unspecified atom stereocenters. The number of carbonyl (C=O) groups is 2. The van der Waals surface area contributed by atoms with Gasteiger partial charge in [-0.1, -0.05) is 0 Å². The molecule has 6 nitrogen and oxygen atoms in total. The maximum atomic E-state index is 11.5. The van der Waals surface area contributed by atoms with Crippen molar-refractivity contribution < 1.29 is 19.4 Å². The van der Waals surface area contributed by atoms with Crippen molar-refractivity contribution in [3.63, 3.8) is 0 Å². The minimum Gasteiger partial charge on any atom is -0.476 e. The van der Waals surface area contributed by atoms with Crippen LogP contribution < -0.4 is 0 Å². The summed E-state index contributed by atoms with van der Waals surface area (Å²) in [5.41, 5.74) is 0.451. The molecule has 0 radical (unpaired) electrons. The molecule has 0 aliphatic rings. The Morgan fingerprint density at radius 2 is 2.20 bits per heavy atom. The van der Waals surface area contributed by atoms with Crippen LogP contribution in [0.15, 0.2) is 41.0 Å². The zero-order valence-electron chi connectivity index (χ0n) is 10.4. The second-order valence-electron chi connectivity index (χ2n) is 3.63. The van der Waals surface area contributed by atoms with E-state index in [4.69, 9.17) is 0 Å². The minimum atomic E-state index is -1.19. The third-order valence-electron chi connectivity index (χ3n) is 2.39. The number of carboxylic acid groups (broad SMARTS) is 1. The fourth-order valence-electron chi connectivity index (χ4n) is 1.50. The molecule has 0 atom stereocenters. The number of esters is 1. The number of carboxylic acids is 1. The number of aromatic nitrogens is 1. The third kappa shape index (κ3) is 2.89. The lowest BCUT2D eigenvalue weighted by atomic mass is 10.2. The van der Waals surface area contributed by atoms with Crippen LogP contribution >= 0.6 is 11.3 Å². The quantitative estimate of drug-likeness (QED) is 0.688. The van der Waals surface area contributed by atoms with Crippen molar-refractivity contribution in [2.75, 3.05) is 7.11 Å². The van der Waals surface area contributed by atoms with Gasteiger partial charge in [-0.15, -0.1) is 11.3 Å². The molecule has 2 heterocycles. The Balaban J connectivity index is 2.48. The molecule has 2 aromatic rings. The highest BCUT2D eigenvalue weighted by molar-refractivity contribution is 7.12. The summed E-state index contributed by atoms with van der Waals surface area (Å²) in [6.45, 7) is 0. The monoisotopic (exact) mass is 290 g/mol. The van der Waals surface area contributed by atoms with Gasteiger partial charge in [0.25, 0.3) is 0 Å². The van der Waals surface area contributed by atoms with E-state index in [0.717, 1.165) is 11.3 Å². The largest absolute Gasteiger partial charge is 0.476 e. The Bertz CT molecular complexity index is 664. The Morgan fingerprint density at radius 1 is 1.40 bits per heavy atom. The number of ether oxygens (including phenoxy) is 1. The lowest BCUT2D eigenvalue weighted by Gasteiger charge is -2.02. The lowest BCUT2D eigenvalue weighted by Crippen LogP contribution is -2.14. The number of hydrogen-bond acceptors (Lipinski definition) is 6. The van der Waals surface area contributed by atoms with Crippen molar-refractivity contribution in [2.24, 2.45) is 4.99 Å². The maximum absolute atomic E-state index is 11.5. The summed E-state index contributed by atoms with van der Waals surface area (Å²) in [5.74, 6) is -1.74. The van der Waals surface area contributed by atoms with E-state index in [1.165, 1.54) is 19.5 Å².